The van der Waals surface area contributed by atoms with Gasteiger partial charge in [0.25, 0.3) is 5.56 Å². The van der Waals surface area contributed by atoms with Crippen LogP contribution >= 0.6 is 11.6 Å². The Hall–Kier alpha value is -4.43. The molecule has 0 unspecified atom stereocenters. The van der Waals surface area contributed by atoms with E-state index in [1.54, 1.807) is 42.5 Å². The van der Waals surface area contributed by atoms with E-state index in [1.807, 2.05) is 30.3 Å². The van der Waals surface area contributed by atoms with Gasteiger partial charge in [-0.1, -0.05) is 66.2 Å². The number of benzene rings is 4. The third-order valence-corrected chi connectivity index (χ3v) is 6.01. The van der Waals surface area contributed by atoms with Gasteiger partial charge in [0.15, 0.2) is 5.82 Å². The van der Waals surface area contributed by atoms with Crippen LogP contribution in [0.5, 0.6) is 5.75 Å². The summed E-state index contributed by atoms with van der Waals surface area (Å²) in [6.07, 6.45) is -3.16. The molecule has 0 aliphatic rings. The van der Waals surface area contributed by atoms with Crippen molar-refractivity contribution < 1.29 is 17.9 Å². The standard InChI is InChI=1S/C29H19ClF3N3O2/c30-24-15-20(13-14-26(24)38-18-19-7-2-1-3-8-19)17-34-36-27(21-9-6-10-22(16-21)29(31,32)33)35-25-12-5-4-11-23(25)28(36)37/h1-17H,18H2. The van der Waals surface area contributed by atoms with Crippen LogP contribution in [0.3, 0.4) is 0 Å². The Balaban J connectivity index is 1.51. The number of hydrogen-bond donors (Lipinski definition) is 0. The lowest BCUT2D eigenvalue weighted by molar-refractivity contribution is -0.137. The third kappa shape index (κ3) is 5.45. The topological polar surface area (TPSA) is 56.5 Å². The van der Waals surface area contributed by atoms with Crippen LogP contribution in [-0.2, 0) is 12.8 Å². The molecule has 0 spiro atoms. The van der Waals surface area contributed by atoms with Crippen LogP contribution in [0.4, 0.5) is 13.2 Å². The quantitative estimate of drug-likeness (QED) is 0.217. The van der Waals surface area contributed by atoms with E-state index in [2.05, 4.69) is 10.1 Å². The van der Waals surface area contributed by atoms with E-state index < -0.39 is 17.3 Å². The van der Waals surface area contributed by atoms with Crippen LogP contribution < -0.4 is 10.3 Å². The van der Waals surface area contributed by atoms with Gasteiger partial charge in [0.05, 0.1) is 27.7 Å². The summed E-state index contributed by atoms with van der Waals surface area (Å²) in [4.78, 5) is 17.8. The number of rotatable bonds is 6. The molecule has 5 rings (SSSR count). The molecule has 38 heavy (non-hydrogen) atoms. The van der Waals surface area contributed by atoms with E-state index in [1.165, 1.54) is 18.3 Å². The fraction of sp³-hybridized carbons (Fsp3) is 0.0690. The van der Waals surface area contributed by atoms with Crippen LogP contribution in [0.15, 0.2) is 107 Å². The second-order valence-corrected chi connectivity index (χ2v) is 8.76. The number of ether oxygens (including phenoxy) is 1. The minimum atomic E-state index is -4.55. The highest BCUT2D eigenvalue weighted by Gasteiger charge is 2.31. The van der Waals surface area contributed by atoms with Gasteiger partial charge in [-0.3, -0.25) is 4.79 Å². The predicted molar refractivity (Wildman–Crippen MR) is 142 cm³/mol. The van der Waals surface area contributed by atoms with Crippen molar-refractivity contribution >= 4 is 28.7 Å². The maximum absolute atomic E-state index is 13.4. The minimum absolute atomic E-state index is 0.0232. The van der Waals surface area contributed by atoms with Gasteiger partial charge in [0, 0.05) is 5.56 Å². The van der Waals surface area contributed by atoms with Crippen molar-refractivity contribution in [2.24, 2.45) is 5.10 Å². The molecule has 9 heteroatoms. The van der Waals surface area contributed by atoms with Crippen molar-refractivity contribution in [1.82, 2.24) is 9.66 Å². The highest BCUT2D eigenvalue weighted by atomic mass is 35.5. The molecule has 190 valence electrons. The average Bonchev–Trinajstić information content (AvgIpc) is 2.92. The second kappa shape index (κ2) is 10.5. The first kappa shape index (κ1) is 25.2. The monoisotopic (exact) mass is 533 g/mol. The molecule has 0 bridgehead atoms. The van der Waals surface area contributed by atoms with Crippen molar-refractivity contribution in [3.8, 4) is 17.1 Å². The maximum atomic E-state index is 13.4. The molecule has 1 aromatic heterocycles. The summed E-state index contributed by atoms with van der Waals surface area (Å²) in [5.41, 5.74) is 0.609. The summed E-state index contributed by atoms with van der Waals surface area (Å²) >= 11 is 6.40. The Morgan fingerprint density at radius 1 is 0.921 bits per heavy atom. The zero-order valence-corrected chi connectivity index (χ0v) is 20.4. The van der Waals surface area contributed by atoms with E-state index in [-0.39, 0.29) is 16.8 Å². The van der Waals surface area contributed by atoms with Crippen molar-refractivity contribution in [3.05, 3.63) is 129 Å². The molecule has 0 amide bonds. The number of aromatic nitrogens is 2. The molecule has 0 N–H and O–H groups in total. The maximum Gasteiger partial charge on any atom is 0.416 e. The molecular formula is C29H19ClF3N3O2. The van der Waals surface area contributed by atoms with Gasteiger partial charge < -0.3 is 4.74 Å². The van der Waals surface area contributed by atoms with Crippen molar-refractivity contribution in [3.63, 3.8) is 0 Å². The van der Waals surface area contributed by atoms with Gasteiger partial charge in [-0.25, -0.2) is 4.98 Å². The van der Waals surface area contributed by atoms with Crippen LogP contribution in [0, 0.1) is 0 Å². The van der Waals surface area contributed by atoms with Gasteiger partial charge in [-0.2, -0.15) is 22.9 Å². The number of fused-ring (bicyclic) bond motifs is 1. The van der Waals surface area contributed by atoms with E-state index in [0.29, 0.717) is 28.5 Å². The molecule has 5 nitrogen and oxygen atoms in total. The van der Waals surface area contributed by atoms with Crippen LogP contribution in [0.25, 0.3) is 22.3 Å². The lowest BCUT2D eigenvalue weighted by Gasteiger charge is -2.12. The summed E-state index contributed by atoms with van der Waals surface area (Å²) in [5.74, 6) is 0.451. The van der Waals surface area contributed by atoms with Gasteiger partial charge in [-0.05, 0) is 53.6 Å². The number of halogens is 4. The van der Waals surface area contributed by atoms with E-state index >= 15 is 0 Å². The number of alkyl halides is 3. The van der Waals surface area contributed by atoms with Crippen molar-refractivity contribution in [2.45, 2.75) is 12.8 Å². The highest BCUT2D eigenvalue weighted by Crippen LogP contribution is 2.32. The fourth-order valence-electron chi connectivity index (χ4n) is 3.83. The number of para-hydroxylation sites is 1. The van der Waals surface area contributed by atoms with Crippen LogP contribution in [0.2, 0.25) is 5.02 Å². The van der Waals surface area contributed by atoms with Crippen molar-refractivity contribution in [1.29, 1.82) is 0 Å². The summed E-state index contributed by atoms with van der Waals surface area (Å²) < 4.78 is 46.9. The Morgan fingerprint density at radius 3 is 2.45 bits per heavy atom. The van der Waals surface area contributed by atoms with Gasteiger partial charge >= 0.3 is 6.18 Å². The summed E-state index contributed by atoms with van der Waals surface area (Å²) in [7, 11) is 0. The Kier molecular flexibility index (Phi) is 6.98. The zero-order chi connectivity index (χ0) is 26.7. The molecular weight excluding hydrogens is 515 g/mol. The first-order valence-corrected chi connectivity index (χ1v) is 11.9. The zero-order valence-electron chi connectivity index (χ0n) is 19.7. The number of nitrogens with zero attached hydrogens (tertiary/aromatic N) is 3. The predicted octanol–water partition coefficient (Wildman–Crippen LogP) is 7.20. The first-order valence-electron chi connectivity index (χ1n) is 11.5. The second-order valence-electron chi connectivity index (χ2n) is 8.36. The smallest absolute Gasteiger partial charge is 0.416 e. The molecule has 0 aliphatic heterocycles. The fourth-order valence-corrected chi connectivity index (χ4v) is 4.07. The molecule has 1 heterocycles. The molecule has 0 fully saturated rings. The van der Waals surface area contributed by atoms with E-state index in [0.717, 1.165) is 22.4 Å². The third-order valence-electron chi connectivity index (χ3n) is 5.72. The summed E-state index contributed by atoms with van der Waals surface area (Å²) in [6, 6.07) is 25.8. The Bertz CT molecular complexity index is 1700. The highest BCUT2D eigenvalue weighted by molar-refractivity contribution is 6.32. The number of hydrogen-bond acceptors (Lipinski definition) is 4. The van der Waals surface area contributed by atoms with E-state index in [4.69, 9.17) is 16.3 Å². The molecule has 0 atom stereocenters. The molecule has 0 aliphatic carbocycles. The minimum Gasteiger partial charge on any atom is -0.487 e. The Labute approximate surface area is 220 Å². The lowest BCUT2D eigenvalue weighted by atomic mass is 10.1. The first-order chi connectivity index (χ1) is 18.3. The van der Waals surface area contributed by atoms with Gasteiger partial charge in [0.2, 0.25) is 0 Å². The Morgan fingerprint density at radius 2 is 1.68 bits per heavy atom. The summed E-state index contributed by atoms with van der Waals surface area (Å²) in [6.45, 7) is 0.340. The summed E-state index contributed by atoms with van der Waals surface area (Å²) in [5, 5.41) is 4.92. The molecule has 0 saturated heterocycles. The molecule has 0 radical (unpaired) electrons. The molecule has 5 aromatic rings. The lowest BCUT2D eigenvalue weighted by Crippen LogP contribution is -2.20. The van der Waals surface area contributed by atoms with Crippen LogP contribution in [-0.4, -0.2) is 15.9 Å². The SMILES string of the molecule is O=c1c2ccccc2nc(-c2cccc(C(F)(F)F)c2)n1N=Cc1ccc(OCc2ccccc2)c(Cl)c1. The van der Waals surface area contributed by atoms with Gasteiger partial charge in [0.1, 0.15) is 12.4 Å². The largest absolute Gasteiger partial charge is 0.487 e. The van der Waals surface area contributed by atoms with Crippen LogP contribution in [0.1, 0.15) is 16.7 Å². The normalized spacial score (nSPS) is 11.8. The van der Waals surface area contributed by atoms with E-state index in [9.17, 15) is 18.0 Å². The molecule has 4 aromatic carbocycles. The molecule has 0 saturated carbocycles. The van der Waals surface area contributed by atoms with Crippen molar-refractivity contribution in [2.75, 3.05) is 0 Å². The average molecular weight is 534 g/mol. The van der Waals surface area contributed by atoms with Gasteiger partial charge in [-0.15, -0.1) is 0 Å².